The highest BCUT2D eigenvalue weighted by atomic mass is 16.6. The van der Waals surface area contributed by atoms with Crippen LogP contribution in [0.4, 0.5) is 5.69 Å². The Morgan fingerprint density at radius 2 is 1.65 bits per heavy atom. The van der Waals surface area contributed by atoms with Crippen LogP contribution in [0, 0.1) is 0 Å². The van der Waals surface area contributed by atoms with E-state index < -0.39 is 11.9 Å². The van der Waals surface area contributed by atoms with Crippen molar-refractivity contribution in [2.45, 2.75) is 13.8 Å². The van der Waals surface area contributed by atoms with Crippen molar-refractivity contribution in [3.63, 3.8) is 0 Å². The van der Waals surface area contributed by atoms with Crippen LogP contribution in [-0.2, 0) is 19.1 Å². The summed E-state index contributed by atoms with van der Waals surface area (Å²) < 4.78 is 15.4. The molecule has 2 rings (SSSR count). The number of rotatable bonds is 7. The zero-order valence-electron chi connectivity index (χ0n) is 14.9. The molecule has 6 heteroatoms. The van der Waals surface area contributed by atoms with Crippen LogP contribution in [0.25, 0.3) is 5.70 Å². The van der Waals surface area contributed by atoms with Gasteiger partial charge in [0.05, 0.1) is 19.4 Å². The van der Waals surface area contributed by atoms with Gasteiger partial charge in [0.2, 0.25) is 5.76 Å². The summed E-state index contributed by atoms with van der Waals surface area (Å²) in [5.74, 6) is -0.826. The number of carbonyl (C=O) groups excluding carboxylic acids is 2. The number of anilines is 1. The lowest BCUT2D eigenvalue weighted by atomic mass is 10.1. The lowest BCUT2D eigenvalue weighted by Crippen LogP contribution is -2.18. The minimum Gasteiger partial charge on any atom is -0.497 e. The predicted molar refractivity (Wildman–Crippen MR) is 98.4 cm³/mol. The molecule has 0 aromatic heterocycles. The molecule has 2 aromatic rings. The third-order valence-electron chi connectivity index (χ3n) is 3.36. The van der Waals surface area contributed by atoms with Crippen LogP contribution in [0.3, 0.4) is 0 Å². The van der Waals surface area contributed by atoms with Crippen LogP contribution >= 0.6 is 0 Å². The normalized spacial score (nSPS) is 11.2. The number of hydrogen-bond donors (Lipinski definition) is 1. The Morgan fingerprint density at radius 3 is 2.19 bits per heavy atom. The molecule has 0 aliphatic carbocycles. The van der Waals surface area contributed by atoms with Gasteiger partial charge in [0.25, 0.3) is 0 Å². The summed E-state index contributed by atoms with van der Waals surface area (Å²) in [5.41, 5.74) is 1.70. The van der Waals surface area contributed by atoms with Crippen LogP contribution in [0.5, 0.6) is 5.75 Å². The number of carbonyl (C=O) groups is 2. The van der Waals surface area contributed by atoms with Gasteiger partial charge < -0.3 is 19.5 Å². The SMILES string of the molecule is CCOC(=O)/C(OC(C)=O)=C(/Nc1ccc(OC)cc1)c1ccccc1. The van der Waals surface area contributed by atoms with Crippen LogP contribution < -0.4 is 10.1 Å². The van der Waals surface area contributed by atoms with Crippen molar-refractivity contribution in [3.05, 3.63) is 65.9 Å². The average molecular weight is 355 g/mol. The molecule has 26 heavy (non-hydrogen) atoms. The monoisotopic (exact) mass is 355 g/mol. The van der Waals surface area contributed by atoms with Crippen molar-refractivity contribution >= 4 is 23.3 Å². The maximum Gasteiger partial charge on any atom is 0.376 e. The molecule has 0 heterocycles. The molecule has 0 radical (unpaired) electrons. The molecule has 1 N–H and O–H groups in total. The first kappa shape index (κ1) is 19.1. The van der Waals surface area contributed by atoms with Crippen LogP contribution in [0.2, 0.25) is 0 Å². The Hall–Kier alpha value is -3.28. The van der Waals surface area contributed by atoms with E-state index in [4.69, 9.17) is 14.2 Å². The van der Waals surface area contributed by atoms with E-state index in [9.17, 15) is 9.59 Å². The third kappa shape index (κ3) is 5.11. The molecule has 0 bridgehead atoms. The Kier molecular flexibility index (Phi) is 6.79. The van der Waals surface area contributed by atoms with E-state index in [1.807, 2.05) is 18.2 Å². The zero-order chi connectivity index (χ0) is 18.9. The minimum atomic E-state index is -0.720. The Morgan fingerprint density at radius 1 is 1.00 bits per heavy atom. The zero-order valence-corrected chi connectivity index (χ0v) is 14.9. The molecule has 0 unspecified atom stereocenters. The van der Waals surface area contributed by atoms with Gasteiger partial charge in [-0.3, -0.25) is 4.79 Å². The molecule has 0 aliphatic heterocycles. The summed E-state index contributed by atoms with van der Waals surface area (Å²) in [5, 5.41) is 3.14. The number of esters is 2. The van der Waals surface area contributed by atoms with Crippen LogP contribution in [0.15, 0.2) is 60.4 Å². The molecule has 136 valence electrons. The number of hydrogen-bond acceptors (Lipinski definition) is 6. The summed E-state index contributed by atoms with van der Waals surface area (Å²) in [6.45, 7) is 3.08. The highest BCUT2D eigenvalue weighted by molar-refractivity contribution is 6.00. The number of methoxy groups -OCH3 is 1. The van der Waals surface area contributed by atoms with E-state index in [-0.39, 0.29) is 12.4 Å². The lowest BCUT2D eigenvalue weighted by Gasteiger charge is -2.16. The molecule has 0 amide bonds. The first-order chi connectivity index (χ1) is 12.5. The molecule has 0 atom stereocenters. The first-order valence-corrected chi connectivity index (χ1v) is 8.11. The largest absolute Gasteiger partial charge is 0.497 e. The standard InChI is InChI=1S/C20H21NO5/c1-4-25-20(23)19(26-14(2)22)18(15-8-6-5-7-9-15)21-16-10-12-17(24-3)13-11-16/h5-13,21H,4H2,1-3H3/b19-18-. The van der Waals surface area contributed by atoms with Gasteiger partial charge in [-0.2, -0.15) is 0 Å². The fraction of sp³-hybridized carbons (Fsp3) is 0.200. The van der Waals surface area contributed by atoms with Crippen molar-refractivity contribution in [3.8, 4) is 5.75 Å². The van der Waals surface area contributed by atoms with Crippen LogP contribution in [0.1, 0.15) is 19.4 Å². The molecule has 2 aromatic carbocycles. The quantitative estimate of drug-likeness (QED) is 0.465. The molecule has 0 aliphatic rings. The van der Waals surface area contributed by atoms with E-state index >= 15 is 0 Å². The van der Waals surface area contributed by atoms with Gasteiger partial charge >= 0.3 is 11.9 Å². The van der Waals surface area contributed by atoms with Crippen molar-refractivity contribution in [1.82, 2.24) is 0 Å². The highest BCUT2D eigenvalue weighted by Crippen LogP contribution is 2.25. The maximum atomic E-state index is 12.4. The van der Waals surface area contributed by atoms with E-state index in [1.54, 1.807) is 50.4 Å². The van der Waals surface area contributed by atoms with Crippen molar-refractivity contribution in [2.24, 2.45) is 0 Å². The van der Waals surface area contributed by atoms with Crippen molar-refractivity contribution in [1.29, 1.82) is 0 Å². The van der Waals surface area contributed by atoms with Gasteiger partial charge in [-0.25, -0.2) is 4.79 Å². The second-order valence-corrected chi connectivity index (χ2v) is 5.24. The maximum absolute atomic E-state index is 12.4. The molecule has 0 saturated carbocycles. The molecular formula is C20H21NO5. The van der Waals surface area contributed by atoms with Gasteiger partial charge in [0.1, 0.15) is 5.75 Å². The highest BCUT2D eigenvalue weighted by Gasteiger charge is 2.22. The van der Waals surface area contributed by atoms with Crippen molar-refractivity contribution < 1.29 is 23.8 Å². The van der Waals surface area contributed by atoms with Gasteiger partial charge in [0, 0.05) is 18.2 Å². The molecule has 6 nitrogen and oxygen atoms in total. The van der Waals surface area contributed by atoms with Crippen molar-refractivity contribution in [2.75, 3.05) is 19.0 Å². The minimum absolute atomic E-state index is 0.161. The Labute approximate surface area is 152 Å². The smallest absolute Gasteiger partial charge is 0.376 e. The second-order valence-electron chi connectivity index (χ2n) is 5.24. The van der Waals surface area contributed by atoms with Crippen LogP contribution in [-0.4, -0.2) is 25.7 Å². The summed E-state index contributed by atoms with van der Waals surface area (Å²) in [7, 11) is 1.58. The Bertz CT molecular complexity index is 782. The van der Waals surface area contributed by atoms with Gasteiger partial charge in [-0.05, 0) is 31.2 Å². The second kappa shape index (κ2) is 9.27. The molecule has 0 fully saturated rings. The van der Waals surface area contributed by atoms with Gasteiger partial charge in [0.15, 0.2) is 0 Å². The Balaban J connectivity index is 2.52. The van der Waals surface area contributed by atoms with E-state index in [1.165, 1.54) is 6.92 Å². The summed E-state index contributed by atoms with van der Waals surface area (Å²) >= 11 is 0. The molecular weight excluding hydrogens is 334 g/mol. The number of nitrogens with one attached hydrogen (secondary N) is 1. The molecule has 0 saturated heterocycles. The van der Waals surface area contributed by atoms with E-state index in [2.05, 4.69) is 5.32 Å². The van der Waals surface area contributed by atoms with Gasteiger partial charge in [-0.1, -0.05) is 30.3 Å². The van der Waals surface area contributed by atoms with Gasteiger partial charge in [-0.15, -0.1) is 0 Å². The number of benzene rings is 2. The fourth-order valence-corrected chi connectivity index (χ4v) is 2.22. The topological polar surface area (TPSA) is 73.9 Å². The van der Waals surface area contributed by atoms with E-state index in [0.29, 0.717) is 22.7 Å². The van der Waals surface area contributed by atoms with E-state index in [0.717, 1.165) is 0 Å². The predicted octanol–water partition coefficient (Wildman–Crippen LogP) is 3.60. The average Bonchev–Trinajstić information content (AvgIpc) is 2.65. The first-order valence-electron chi connectivity index (χ1n) is 8.11. The lowest BCUT2D eigenvalue weighted by molar-refractivity contribution is -0.149. The number of ether oxygens (including phenoxy) is 3. The summed E-state index contributed by atoms with van der Waals surface area (Å²) in [6, 6.07) is 16.2. The summed E-state index contributed by atoms with van der Waals surface area (Å²) in [4.78, 5) is 23.9. The summed E-state index contributed by atoms with van der Waals surface area (Å²) in [6.07, 6.45) is 0. The fourth-order valence-electron chi connectivity index (χ4n) is 2.22. The third-order valence-corrected chi connectivity index (χ3v) is 3.36. The molecule has 0 spiro atoms.